The Hall–Kier alpha value is -1.56. The van der Waals surface area contributed by atoms with Gasteiger partial charge in [0.05, 0.1) is 6.26 Å². The first-order chi connectivity index (χ1) is 7.37. The summed E-state index contributed by atoms with van der Waals surface area (Å²) in [6, 6.07) is 7.14. The van der Waals surface area contributed by atoms with Crippen LogP contribution in [0.3, 0.4) is 0 Å². The van der Waals surface area contributed by atoms with Gasteiger partial charge in [-0.15, -0.1) is 0 Å². The largest absolute Gasteiger partial charge is 0.484 e. The van der Waals surface area contributed by atoms with Crippen molar-refractivity contribution in [3.63, 3.8) is 0 Å². The smallest absolute Gasteiger partial charge is 0.271 e. The molecule has 16 heavy (non-hydrogen) atoms. The number of hydrogen-bond acceptors (Lipinski definition) is 4. The Morgan fingerprint density at radius 3 is 2.69 bits per heavy atom. The standard InChI is InChI=1S/C10H13NO4S/c1-8-4-3-5-9(6-8)15-7-10(12)11-16(2,13)14/h3-6H,7H2,1-2H3,(H,11,12). The molecule has 0 aromatic heterocycles. The Labute approximate surface area is 94.5 Å². The number of nitrogens with one attached hydrogen (secondary N) is 1. The van der Waals surface area contributed by atoms with Gasteiger partial charge in [0.1, 0.15) is 5.75 Å². The van der Waals surface area contributed by atoms with Crippen LogP contribution in [0.2, 0.25) is 0 Å². The van der Waals surface area contributed by atoms with Gasteiger partial charge in [-0.25, -0.2) is 8.42 Å². The molecule has 1 amide bonds. The highest BCUT2D eigenvalue weighted by molar-refractivity contribution is 7.89. The van der Waals surface area contributed by atoms with Crippen LogP contribution in [0.1, 0.15) is 5.56 Å². The summed E-state index contributed by atoms with van der Waals surface area (Å²) < 4.78 is 28.4. The summed E-state index contributed by atoms with van der Waals surface area (Å²) in [4.78, 5) is 11.1. The van der Waals surface area contributed by atoms with Gasteiger partial charge in [-0.3, -0.25) is 9.52 Å². The molecule has 0 aliphatic heterocycles. The van der Waals surface area contributed by atoms with E-state index in [9.17, 15) is 13.2 Å². The fourth-order valence-electron chi connectivity index (χ4n) is 1.09. The molecule has 0 saturated heterocycles. The number of carbonyl (C=O) groups is 1. The minimum absolute atomic E-state index is 0.323. The molecule has 0 bridgehead atoms. The highest BCUT2D eigenvalue weighted by atomic mass is 32.2. The van der Waals surface area contributed by atoms with Crippen molar-refractivity contribution in [2.75, 3.05) is 12.9 Å². The summed E-state index contributed by atoms with van der Waals surface area (Å²) in [5, 5.41) is 0. The second-order valence-corrected chi connectivity index (χ2v) is 5.15. The molecule has 5 nitrogen and oxygen atoms in total. The second kappa shape index (κ2) is 4.98. The van der Waals surface area contributed by atoms with E-state index in [-0.39, 0.29) is 6.61 Å². The average Bonchev–Trinajstić information content (AvgIpc) is 2.12. The SMILES string of the molecule is Cc1cccc(OCC(=O)NS(C)(=O)=O)c1. The van der Waals surface area contributed by atoms with Crippen molar-refractivity contribution < 1.29 is 17.9 Å². The van der Waals surface area contributed by atoms with Gasteiger partial charge in [-0.1, -0.05) is 12.1 Å². The molecule has 1 N–H and O–H groups in total. The molecule has 1 aromatic carbocycles. The maximum Gasteiger partial charge on any atom is 0.271 e. The first-order valence-electron chi connectivity index (χ1n) is 4.57. The number of ether oxygens (including phenoxy) is 1. The van der Waals surface area contributed by atoms with Crippen LogP contribution in [-0.4, -0.2) is 27.2 Å². The number of carbonyl (C=O) groups excluding carboxylic acids is 1. The van der Waals surface area contributed by atoms with Crippen LogP contribution >= 0.6 is 0 Å². The third-order valence-electron chi connectivity index (χ3n) is 1.66. The molecule has 0 saturated carbocycles. The van der Waals surface area contributed by atoms with E-state index in [4.69, 9.17) is 4.74 Å². The summed E-state index contributed by atoms with van der Waals surface area (Å²) in [5.74, 6) is -0.160. The van der Waals surface area contributed by atoms with Crippen molar-refractivity contribution in [2.45, 2.75) is 6.92 Å². The van der Waals surface area contributed by atoms with Gasteiger partial charge < -0.3 is 4.74 Å². The maximum absolute atomic E-state index is 11.1. The third-order valence-corrected chi connectivity index (χ3v) is 2.26. The van der Waals surface area contributed by atoms with E-state index in [1.165, 1.54) is 0 Å². The number of rotatable bonds is 4. The molecule has 6 heteroatoms. The monoisotopic (exact) mass is 243 g/mol. The van der Waals surface area contributed by atoms with Crippen molar-refractivity contribution in [1.29, 1.82) is 0 Å². The Bertz CT molecular complexity index is 481. The third kappa shape index (κ3) is 4.79. The number of aryl methyl sites for hydroxylation is 1. The molecule has 0 fully saturated rings. The molecule has 0 spiro atoms. The van der Waals surface area contributed by atoms with Gasteiger partial charge in [0.25, 0.3) is 5.91 Å². The first kappa shape index (κ1) is 12.5. The number of hydrogen-bond donors (Lipinski definition) is 1. The molecule has 0 aliphatic rings. The van der Waals surface area contributed by atoms with Crippen molar-refractivity contribution in [1.82, 2.24) is 4.72 Å². The Morgan fingerprint density at radius 1 is 1.44 bits per heavy atom. The summed E-state index contributed by atoms with van der Waals surface area (Å²) >= 11 is 0. The molecule has 0 radical (unpaired) electrons. The fraction of sp³-hybridized carbons (Fsp3) is 0.300. The quantitative estimate of drug-likeness (QED) is 0.833. The maximum atomic E-state index is 11.1. The fourth-order valence-corrected chi connectivity index (χ4v) is 1.56. The molecule has 1 rings (SSSR count). The van der Waals surface area contributed by atoms with Gasteiger partial charge in [0.15, 0.2) is 6.61 Å². The number of sulfonamides is 1. The zero-order valence-corrected chi connectivity index (χ0v) is 9.87. The van der Waals surface area contributed by atoms with E-state index in [1.54, 1.807) is 18.2 Å². The predicted octanol–water partition coefficient (Wildman–Crippen LogP) is 0.450. The topological polar surface area (TPSA) is 72.5 Å². The van der Waals surface area contributed by atoms with Crippen LogP contribution in [-0.2, 0) is 14.8 Å². The molecule has 0 aliphatic carbocycles. The minimum Gasteiger partial charge on any atom is -0.484 e. The normalized spacial score (nSPS) is 10.9. The summed E-state index contributed by atoms with van der Waals surface area (Å²) in [6.07, 6.45) is 0.914. The van der Waals surface area contributed by atoms with Gasteiger partial charge in [0.2, 0.25) is 10.0 Å². The number of benzene rings is 1. The van der Waals surface area contributed by atoms with Crippen molar-refractivity contribution >= 4 is 15.9 Å². The van der Waals surface area contributed by atoms with Crippen molar-refractivity contribution in [3.8, 4) is 5.75 Å². The van der Waals surface area contributed by atoms with Gasteiger partial charge >= 0.3 is 0 Å². The summed E-state index contributed by atoms with van der Waals surface area (Å²) in [7, 11) is -3.52. The van der Waals surface area contributed by atoms with Crippen LogP contribution < -0.4 is 9.46 Å². The molecule has 1 aromatic rings. The van der Waals surface area contributed by atoms with Crippen LogP contribution in [0.25, 0.3) is 0 Å². The van der Waals surface area contributed by atoms with E-state index in [0.29, 0.717) is 5.75 Å². The zero-order chi connectivity index (χ0) is 12.2. The Morgan fingerprint density at radius 2 is 2.12 bits per heavy atom. The van der Waals surface area contributed by atoms with E-state index in [2.05, 4.69) is 0 Å². The minimum atomic E-state index is -3.52. The van der Waals surface area contributed by atoms with Crippen LogP contribution in [0, 0.1) is 6.92 Å². The van der Waals surface area contributed by atoms with Gasteiger partial charge in [-0.05, 0) is 24.6 Å². The van der Waals surface area contributed by atoms with Gasteiger partial charge in [-0.2, -0.15) is 0 Å². The lowest BCUT2D eigenvalue weighted by Gasteiger charge is -2.06. The van der Waals surface area contributed by atoms with E-state index < -0.39 is 15.9 Å². The zero-order valence-electron chi connectivity index (χ0n) is 9.06. The molecule has 0 atom stereocenters. The molecule has 0 unspecified atom stereocenters. The van der Waals surface area contributed by atoms with Crippen LogP contribution in [0.4, 0.5) is 0 Å². The van der Waals surface area contributed by atoms with Crippen molar-refractivity contribution in [2.24, 2.45) is 0 Å². The lowest BCUT2D eigenvalue weighted by Crippen LogP contribution is -2.33. The molecular formula is C10H13NO4S. The molecule has 88 valence electrons. The highest BCUT2D eigenvalue weighted by Gasteiger charge is 2.08. The summed E-state index contributed by atoms with van der Waals surface area (Å²) in [6.45, 7) is 1.57. The lowest BCUT2D eigenvalue weighted by molar-refractivity contribution is -0.121. The van der Waals surface area contributed by atoms with E-state index in [1.807, 2.05) is 17.7 Å². The van der Waals surface area contributed by atoms with Crippen LogP contribution in [0.5, 0.6) is 5.75 Å². The average molecular weight is 243 g/mol. The number of amides is 1. The summed E-state index contributed by atoms with van der Waals surface area (Å²) in [5.41, 5.74) is 1.00. The second-order valence-electron chi connectivity index (χ2n) is 3.40. The van der Waals surface area contributed by atoms with Gasteiger partial charge in [0, 0.05) is 0 Å². The predicted molar refractivity (Wildman–Crippen MR) is 59.7 cm³/mol. The van der Waals surface area contributed by atoms with Crippen molar-refractivity contribution in [3.05, 3.63) is 29.8 Å². The molecule has 0 heterocycles. The lowest BCUT2D eigenvalue weighted by atomic mass is 10.2. The molecular weight excluding hydrogens is 230 g/mol. The Balaban J connectivity index is 2.49. The first-order valence-corrected chi connectivity index (χ1v) is 6.46. The van der Waals surface area contributed by atoms with Crippen LogP contribution in [0.15, 0.2) is 24.3 Å². The van der Waals surface area contributed by atoms with E-state index in [0.717, 1.165) is 11.8 Å². The van der Waals surface area contributed by atoms with E-state index >= 15 is 0 Å². The Kier molecular flexibility index (Phi) is 3.89. The highest BCUT2D eigenvalue weighted by Crippen LogP contribution is 2.11.